The van der Waals surface area contributed by atoms with Crippen LogP contribution >= 0.6 is 34.8 Å². The molecule has 0 aromatic heterocycles. The number of nitrogens with zero attached hydrogens (tertiary/aromatic N) is 1. The van der Waals surface area contributed by atoms with Gasteiger partial charge < -0.3 is 10.1 Å². The number of benzene rings is 3. The Bertz CT molecular complexity index is 1160. The zero-order chi connectivity index (χ0) is 23.1. The van der Waals surface area contributed by atoms with Crippen molar-refractivity contribution in [1.29, 1.82) is 0 Å². The number of nitrogens with one attached hydrogen (secondary N) is 2. The molecule has 0 aliphatic rings. The fourth-order valence-electron chi connectivity index (χ4n) is 2.52. The summed E-state index contributed by atoms with van der Waals surface area (Å²) in [5.41, 5.74) is 5.06. The molecule has 0 aliphatic heterocycles. The van der Waals surface area contributed by atoms with Crippen molar-refractivity contribution in [1.82, 2.24) is 5.43 Å². The molecule has 0 spiro atoms. The number of carbonyl (C=O) groups excluding carboxylic acids is 2. The number of anilines is 1. The number of ether oxygens (including phenoxy) is 1. The zero-order valence-corrected chi connectivity index (χ0v) is 19.1. The highest BCUT2D eigenvalue weighted by Crippen LogP contribution is 2.23. The molecule has 0 unspecified atom stereocenters. The lowest BCUT2D eigenvalue weighted by molar-refractivity contribution is -0.136. The maximum absolute atomic E-state index is 12.0. The zero-order valence-electron chi connectivity index (χ0n) is 16.9. The van der Waals surface area contributed by atoms with Gasteiger partial charge in [-0.05, 0) is 72.1 Å². The van der Waals surface area contributed by atoms with Crippen LogP contribution in [0.15, 0.2) is 65.8 Å². The Morgan fingerprint density at radius 1 is 0.906 bits per heavy atom. The summed E-state index contributed by atoms with van der Waals surface area (Å²) in [5.74, 6) is -1.11. The molecule has 0 saturated heterocycles. The van der Waals surface area contributed by atoms with Crippen molar-refractivity contribution in [2.45, 2.75) is 13.5 Å². The standard InChI is InChI=1S/C23H18Cl3N3O3/c1-14-2-6-17(11-20(14)25)28-22(30)23(31)29-27-12-15-3-7-18(8-4-15)32-13-16-5-9-19(24)21(26)10-16/h2-12H,13H2,1H3,(H,28,30)(H,29,31)/b27-12-. The van der Waals surface area contributed by atoms with Crippen LogP contribution < -0.4 is 15.5 Å². The molecule has 6 nitrogen and oxygen atoms in total. The maximum Gasteiger partial charge on any atom is 0.329 e. The van der Waals surface area contributed by atoms with Crippen molar-refractivity contribution in [3.63, 3.8) is 0 Å². The van der Waals surface area contributed by atoms with E-state index in [0.717, 1.165) is 11.1 Å². The molecule has 0 saturated carbocycles. The minimum absolute atomic E-state index is 0.335. The Morgan fingerprint density at radius 2 is 1.66 bits per heavy atom. The van der Waals surface area contributed by atoms with E-state index in [-0.39, 0.29) is 0 Å². The van der Waals surface area contributed by atoms with Gasteiger partial charge in [0.15, 0.2) is 0 Å². The van der Waals surface area contributed by atoms with E-state index in [9.17, 15) is 9.59 Å². The first-order chi connectivity index (χ1) is 15.3. The van der Waals surface area contributed by atoms with Gasteiger partial charge in [0.25, 0.3) is 0 Å². The maximum atomic E-state index is 12.0. The Labute approximate surface area is 200 Å². The van der Waals surface area contributed by atoms with Gasteiger partial charge >= 0.3 is 11.8 Å². The van der Waals surface area contributed by atoms with Gasteiger partial charge in [-0.3, -0.25) is 9.59 Å². The largest absolute Gasteiger partial charge is 0.489 e. The third kappa shape index (κ3) is 6.72. The van der Waals surface area contributed by atoms with Crippen molar-refractivity contribution in [2.75, 3.05) is 5.32 Å². The first-order valence-corrected chi connectivity index (χ1v) is 10.5. The SMILES string of the molecule is Cc1ccc(NC(=O)C(=O)N/N=C\c2ccc(OCc3ccc(Cl)c(Cl)c3)cc2)cc1Cl. The number of halogens is 3. The molecule has 164 valence electrons. The first kappa shape index (κ1) is 23.6. The van der Waals surface area contributed by atoms with Gasteiger partial charge in [-0.2, -0.15) is 5.10 Å². The van der Waals surface area contributed by atoms with Crippen LogP contribution in [0.1, 0.15) is 16.7 Å². The highest BCUT2D eigenvalue weighted by Gasteiger charge is 2.13. The Hall–Kier alpha value is -3.06. The van der Waals surface area contributed by atoms with Crippen LogP contribution in [-0.2, 0) is 16.2 Å². The molecule has 0 bridgehead atoms. The molecule has 2 N–H and O–H groups in total. The Balaban J connectivity index is 1.48. The van der Waals surface area contributed by atoms with Crippen LogP contribution in [0.2, 0.25) is 15.1 Å². The lowest BCUT2D eigenvalue weighted by atomic mass is 10.2. The summed E-state index contributed by atoms with van der Waals surface area (Å²) in [6, 6.07) is 17.3. The molecule has 32 heavy (non-hydrogen) atoms. The van der Waals surface area contributed by atoms with E-state index in [1.165, 1.54) is 6.21 Å². The number of rotatable bonds is 6. The van der Waals surface area contributed by atoms with Crippen molar-refractivity contribution in [3.05, 3.63) is 92.4 Å². The Morgan fingerprint density at radius 3 is 2.34 bits per heavy atom. The second-order valence-electron chi connectivity index (χ2n) is 6.72. The van der Waals surface area contributed by atoms with Crippen LogP contribution in [0.5, 0.6) is 5.75 Å². The molecule has 0 atom stereocenters. The van der Waals surface area contributed by atoms with Gasteiger partial charge in [-0.1, -0.05) is 46.9 Å². The number of amides is 2. The minimum Gasteiger partial charge on any atom is -0.489 e. The summed E-state index contributed by atoms with van der Waals surface area (Å²) in [4.78, 5) is 23.9. The monoisotopic (exact) mass is 489 g/mol. The van der Waals surface area contributed by atoms with Crippen LogP contribution in [0.3, 0.4) is 0 Å². The second-order valence-corrected chi connectivity index (χ2v) is 7.94. The summed E-state index contributed by atoms with van der Waals surface area (Å²) in [6.45, 7) is 2.17. The number of aryl methyl sites for hydroxylation is 1. The predicted molar refractivity (Wildman–Crippen MR) is 128 cm³/mol. The van der Waals surface area contributed by atoms with Gasteiger partial charge in [0, 0.05) is 10.7 Å². The molecule has 3 rings (SSSR count). The molecule has 9 heteroatoms. The molecule has 3 aromatic carbocycles. The summed E-state index contributed by atoms with van der Waals surface area (Å²) in [7, 11) is 0. The average molecular weight is 491 g/mol. The van der Waals surface area contributed by atoms with Crippen LogP contribution in [0.25, 0.3) is 0 Å². The third-order valence-corrected chi connectivity index (χ3v) is 5.43. The average Bonchev–Trinajstić information content (AvgIpc) is 2.78. The van der Waals surface area contributed by atoms with E-state index < -0.39 is 11.8 Å². The molecule has 0 aliphatic carbocycles. The first-order valence-electron chi connectivity index (χ1n) is 9.39. The van der Waals surface area contributed by atoms with Gasteiger partial charge in [0.1, 0.15) is 12.4 Å². The van der Waals surface area contributed by atoms with Crippen molar-refractivity contribution in [3.8, 4) is 5.75 Å². The van der Waals surface area contributed by atoms with E-state index in [0.29, 0.717) is 38.7 Å². The van der Waals surface area contributed by atoms with Gasteiger partial charge in [-0.25, -0.2) is 5.43 Å². The summed E-state index contributed by atoms with van der Waals surface area (Å²) >= 11 is 17.9. The molecule has 0 radical (unpaired) electrons. The molecular weight excluding hydrogens is 473 g/mol. The molecule has 0 fully saturated rings. The highest BCUT2D eigenvalue weighted by molar-refractivity contribution is 6.42. The van der Waals surface area contributed by atoms with Crippen LogP contribution in [0, 0.1) is 6.92 Å². The third-order valence-electron chi connectivity index (χ3n) is 4.29. The van der Waals surface area contributed by atoms with E-state index in [1.54, 1.807) is 54.6 Å². The highest BCUT2D eigenvalue weighted by atomic mass is 35.5. The quantitative estimate of drug-likeness (QED) is 0.267. The fourth-order valence-corrected chi connectivity index (χ4v) is 3.02. The second kappa shape index (κ2) is 11.0. The molecular formula is C23H18Cl3N3O3. The van der Waals surface area contributed by atoms with E-state index >= 15 is 0 Å². The van der Waals surface area contributed by atoms with Gasteiger partial charge in [0.2, 0.25) is 0 Å². The normalized spacial score (nSPS) is 10.8. The Kier molecular flexibility index (Phi) is 8.11. The van der Waals surface area contributed by atoms with Gasteiger partial charge in [0.05, 0.1) is 16.3 Å². The summed E-state index contributed by atoms with van der Waals surface area (Å²) in [5, 5.41) is 7.71. The minimum atomic E-state index is -0.903. The smallest absolute Gasteiger partial charge is 0.329 e. The topological polar surface area (TPSA) is 79.8 Å². The number of hydrogen-bond acceptors (Lipinski definition) is 4. The van der Waals surface area contributed by atoms with Crippen LogP contribution in [-0.4, -0.2) is 18.0 Å². The lowest BCUT2D eigenvalue weighted by Gasteiger charge is -2.07. The van der Waals surface area contributed by atoms with E-state index in [2.05, 4.69) is 15.8 Å². The molecule has 3 aromatic rings. The van der Waals surface area contributed by atoms with Gasteiger partial charge in [-0.15, -0.1) is 0 Å². The summed E-state index contributed by atoms with van der Waals surface area (Å²) in [6.07, 6.45) is 1.41. The van der Waals surface area contributed by atoms with Crippen LogP contribution in [0.4, 0.5) is 5.69 Å². The predicted octanol–water partition coefficient (Wildman–Crippen LogP) is 5.62. The van der Waals surface area contributed by atoms with Crippen molar-refractivity contribution >= 4 is 58.5 Å². The molecule has 0 heterocycles. The fraction of sp³-hybridized carbons (Fsp3) is 0.0870. The number of carbonyl (C=O) groups is 2. The van der Waals surface area contributed by atoms with Crippen molar-refractivity contribution in [2.24, 2.45) is 5.10 Å². The molecule has 2 amide bonds. The van der Waals surface area contributed by atoms with E-state index in [4.69, 9.17) is 39.5 Å². The van der Waals surface area contributed by atoms with E-state index in [1.807, 2.05) is 13.0 Å². The lowest BCUT2D eigenvalue weighted by Crippen LogP contribution is -2.32. The summed E-state index contributed by atoms with van der Waals surface area (Å²) < 4.78 is 5.71. The van der Waals surface area contributed by atoms with Crippen molar-refractivity contribution < 1.29 is 14.3 Å². The number of hydrazone groups is 1. The number of hydrogen-bond donors (Lipinski definition) is 2.